The summed E-state index contributed by atoms with van der Waals surface area (Å²) in [5.41, 5.74) is 2.76. The van der Waals surface area contributed by atoms with Gasteiger partial charge in [-0.25, -0.2) is 4.79 Å². The van der Waals surface area contributed by atoms with Gasteiger partial charge < -0.3 is 5.11 Å². The van der Waals surface area contributed by atoms with Crippen LogP contribution >= 0.6 is 23.2 Å². The number of hydrogen-bond acceptors (Lipinski definition) is 1. The first-order valence-electron chi connectivity index (χ1n) is 5.28. The molecule has 0 atom stereocenters. The molecular formula is C14H10Cl2O2. The molecule has 0 aliphatic heterocycles. The van der Waals surface area contributed by atoms with Crippen LogP contribution in [0.25, 0.3) is 11.1 Å². The number of hydrogen-bond donors (Lipinski definition) is 1. The molecule has 0 aliphatic rings. The predicted octanol–water partition coefficient (Wildman–Crippen LogP) is 4.67. The topological polar surface area (TPSA) is 37.3 Å². The van der Waals surface area contributed by atoms with E-state index in [9.17, 15) is 4.79 Å². The number of benzene rings is 2. The van der Waals surface area contributed by atoms with Crippen LogP contribution in [0, 0.1) is 6.92 Å². The zero-order valence-corrected chi connectivity index (χ0v) is 11.1. The molecule has 0 amide bonds. The number of aryl methyl sites for hydroxylation is 1. The first-order chi connectivity index (χ1) is 8.47. The number of rotatable bonds is 2. The lowest BCUT2D eigenvalue weighted by Gasteiger charge is -2.07. The minimum absolute atomic E-state index is 0.298. The molecule has 2 aromatic rings. The molecule has 4 heteroatoms. The summed E-state index contributed by atoms with van der Waals surface area (Å²) in [4.78, 5) is 10.9. The van der Waals surface area contributed by atoms with Crippen molar-refractivity contribution >= 4 is 29.2 Å². The van der Waals surface area contributed by atoms with Crippen LogP contribution in [0.1, 0.15) is 15.9 Å². The molecule has 92 valence electrons. The Morgan fingerprint density at radius 1 is 1.00 bits per heavy atom. The minimum Gasteiger partial charge on any atom is -0.478 e. The molecule has 0 aromatic heterocycles. The molecule has 0 radical (unpaired) electrons. The fraction of sp³-hybridized carbons (Fsp3) is 0.0714. The van der Waals surface area contributed by atoms with Crippen molar-refractivity contribution in [3.05, 3.63) is 57.6 Å². The summed E-state index contributed by atoms with van der Waals surface area (Å²) in [6.45, 7) is 1.76. The summed E-state index contributed by atoms with van der Waals surface area (Å²) in [7, 11) is 0. The van der Waals surface area contributed by atoms with Gasteiger partial charge >= 0.3 is 5.97 Å². The molecule has 2 aromatic carbocycles. The summed E-state index contributed by atoms with van der Waals surface area (Å²) in [6, 6.07) is 10.4. The van der Waals surface area contributed by atoms with Crippen LogP contribution in [0.4, 0.5) is 0 Å². The van der Waals surface area contributed by atoms with Crippen molar-refractivity contribution in [2.24, 2.45) is 0 Å². The molecule has 0 aliphatic carbocycles. The van der Waals surface area contributed by atoms with Crippen LogP contribution in [-0.2, 0) is 0 Å². The third-order valence-electron chi connectivity index (χ3n) is 2.65. The van der Waals surface area contributed by atoms with Gasteiger partial charge in [-0.3, -0.25) is 0 Å². The van der Waals surface area contributed by atoms with Gasteiger partial charge in [-0.2, -0.15) is 0 Å². The van der Waals surface area contributed by atoms with Gasteiger partial charge in [-0.05, 0) is 47.9 Å². The van der Waals surface area contributed by atoms with Crippen LogP contribution in [0.2, 0.25) is 10.0 Å². The molecule has 2 rings (SSSR count). The first-order valence-corrected chi connectivity index (χ1v) is 6.03. The molecule has 0 saturated carbocycles. The largest absolute Gasteiger partial charge is 0.478 e. The molecule has 18 heavy (non-hydrogen) atoms. The number of carboxylic acid groups (broad SMARTS) is 1. The SMILES string of the molecule is Cc1cc(-c2cc(Cl)cc(Cl)c2)ccc1C(=O)O. The molecule has 0 unspecified atom stereocenters. The fourth-order valence-electron chi connectivity index (χ4n) is 1.80. The van der Waals surface area contributed by atoms with Gasteiger partial charge in [0.15, 0.2) is 0 Å². The Balaban J connectivity index is 2.52. The third kappa shape index (κ3) is 2.66. The van der Waals surface area contributed by atoms with Crippen LogP contribution in [0.15, 0.2) is 36.4 Å². The highest BCUT2D eigenvalue weighted by atomic mass is 35.5. The maximum absolute atomic E-state index is 10.9. The molecule has 1 N–H and O–H groups in total. The Bertz CT molecular complexity index is 601. The van der Waals surface area contributed by atoms with Crippen LogP contribution < -0.4 is 0 Å². The highest BCUT2D eigenvalue weighted by Gasteiger charge is 2.08. The lowest BCUT2D eigenvalue weighted by atomic mass is 10.00. The Morgan fingerprint density at radius 3 is 2.11 bits per heavy atom. The molecular weight excluding hydrogens is 271 g/mol. The lowest BCUT2D eigenvalue weighted by molar-refractivity contribution is 0.0696. The smallest absolute Gasteiger partial charge is 0.335 e. The second-order valence-corrected chi connectivity index (χ2v) is 4.87. The normalized spacial score (nSPS) is 10.4. The Kier molecular flexibility index (Phi) is 3.60. The molecule has 0 bridgehead atoms. The highest BCUT2D eigenvalue weighted by molar-refractivity contribution is 6.35. The van der Waals surface area contributed by atoms with Crippen molar-refractivity contribution in [2.45, 2.75) is 6.92 Å². The van der Waals surface area contributed by atoms with Gasteiger partial charge in [0.1, 0.15) is 0 Å². The van der Waals surface area contributed by atoms with Crippen molar-refractivity contribution in [3.8, 4) is 11.1 Å². The third-order valence-corrected chi connectivity index (χ3v) is 3.09. The predicted molar refractivity (Wildman–Crippen MR) is 73.6 cm³/mol. The van der Waals surface area contributed by atoms with E-state index in [0.29, 0.717) is 21.2 Å². The molecule has 2 nitrogen and oxygen atoms in total. The Labute approximate surface area is 115 Å². The van der Waals surface area contributed by atoms with Gasteiger partial charge in [0, 0.05) is 10.0 Å². The maximum atomic E-state index is 10.9. The second-order valence-electron chi connectivity index (χ2n) is 3.99. The number of carboxylic acids is 1. The fourth-order valence-corrected chi connectivity index (χ4v) is 2.33. The highest BCUT2D eigenvalue weighted by Crippen LogP contribution is 2.28. The lowest BCUT2D eigenvalue weighted by Crippen LogP contribution is -1.99. The quantitative estimate of drug-likeness (QED) is 0.868. The van der Waals surface area contributed by atoms with Gasteiger partial charge in [-0.15, -0.1) is 0 Å². The summed E-state index contributed by atoms with van der Waals surface area (Å²) in [5, 5.41) is 10.1. The van der Waals surface area contributed by atoms with Crippen LogP contribution in [0.3, 0.4) is 0 Å². The van der Waals surface area contributed by atoms with E-state index in [2.05, 4.69) is 0 Å². The van der Waals surface area contributed by atoms with E-state index < -0.39 is 5.97 Å². The molecule has 0 spiro atoms. The average molecular weight is 281 g/mol. The van der Waals surface area contributed by atoms with E-state index in [1.54, 1.807) is 37.3 Å². The summed E-state index contributed by atoms with van der Waals surface area (Å²) >= 11 is 11.9. The van der Waals surface area contributed by atoms with Crippen LogP contribution in [0.5, 0.6) is 0 Å². The van der Waals surface area contributed by atoms with Crippen LogP contribution in [-0.4, -0.2) is 11.1 Å². The van der Waals surface area contributed by atoms with Crippen molar-refractivity contribution in [3.63, 3.8) is 0 Å². The van der Waals surface area contributed by atoms with E-state index in [0.717, 1.165) is 11.1 Å². The van der Waals surface area contributed by atoms with Gasteiger partial charge in [0.25, 0.3) is 0 Å². The van der Waals surface area contributed by atoms with Gasteiger partial charge in [0.2, 0.25) is 0 Å². The van der Waals surface area contributed by atoms with E-state index in [1.165, 1.54) is 0 Å². The van der Waals surface area contributed by atoms with Gasteiger partial charge in [-0.1, -0.05) is 35.3 Å². The second kappa shape index (κ2) is 5.01. The maximum Gasteiger partial charge on any atom is 0.335 e. The Morgan fingerprint density at radius 2 is 1.61 bits per heavy atom. The number of halogens is 2. The monoisotopic (exact) mass is 280 g/mol. The van der Waals surface area contributed by atoms with Gasteiger partial charge in [0.05, 0.1) is 5.56 Å². The van der Waals surface area contributed by atoms with Crippen molar-refractivity contribution in [1.29, 1.82) is 0 Å². The van der Waals surface area contributed by atoms with E-state index >= 15 is 0 Å². The standard InChI is InChI=1S/C14H10Cl2O2/c1-8-4-9(2-3-13(8)14(17)18)10-5-11(15)7-12(16)6-10/h2-7H,1H3,(H,17,18). The number of aromatic carboxylic acids is 1. The zero-order valence-electron chi connectivity index (χ0n) is 9.58. The molecule has 0 fully saturated rings. The average Bonchev–Trinajstić information content (AvgIpc) is 2.26. The number of carbonyl (C=O) groups is 1. The van der Waals surface area contributed by atoms with Crippen molar-refractivity contribution < 1.29 is 9.90 Å². The van der Waals surface area contributed by atoms with E-state index in [1.807, 2.05) is 6.07 Å². The zero-order chi connectivity index (χ0) is 13.3. The van der Waals surface area contributed by atoms with Crippen molar-refractivity contribution in [2.75, 3.05) is 0 Å². The molecule has 0 heterocycles. The van der Waals surface area contributed by atoms with E-state index in [4.69, 9.17) is 28.3 Å². The first kappa shape index (κ1) is 12.9. The van der Waals surface area contributed by atoms with Crippen molar-refractivity contribution in [1.82, 2.24) is 0 Å². The summed E-state index contributed by atoms with van der Waals surface area (Å²) in [5.74, 6) is -0.928. The minimum atomic E-state index is -0.928. The van der Waals surface area contributed by atoms with E-state index in [-0.39, 0.29) is 0 Å². The summed E-state index contributed by atoms with van der Waals surface area (Å²) in [6.07, 6.45) is 0. The Hall–Kier alpha value is -1.51. The summed E-state index contributed by atoms with van der Waals surface area (Å²) < 4.78 is 0. The molecule has 0 saturated heterocycles.